The fourth-order valence-electron chi connectivity index (χ4n) is 3.41. The van der Waals surface area contributed by atoms with Crippen LogP contribution in [0.1, 0.15) is 30.7 Å². The Bertz CT molecular complexity index is 1030. The summed E-state index contributed by atoms with van der Waals surface area (Å²) in [4.78, 5) is 13.0. The molecular formula is C24H24N2O5. The third kappa shape index (κ3) is 4.71. The molecule has 0 spiro atoms. The quantitative estimate of drug-likeness (QED) is 0.539. The smallest absolute Gasteiger partial charge is 0.281 e. The zero-order valence-corrected chi connectivity index (χ0v) is 17.5. The predicted octanol–water partition coefficient (Wildman–Crippen LogP) is 4.44. The lowest BCUT2D eigenvalue weighted by atomic mass is 10.0. The number of ether oxygens (including phenoxy) is 3. The van der Waals surface area contributed by atoms with Gasteiger partial charge in [-0.1, -0.05) is 0 Å². The van der Waals surface area contributed by atoms with Crippen LogP contribution in [0.3, 0.4) is 0 Å². The van der Waals surface area contributed by atoms with Crippen molar-refractivity contribution in [1.82, 2.24) is 5.01 Å². The second kappa shape index (κ2) is 9.38. The first kappa shape index (κ1) is 20.5. The third-order valence-corrected chi connectivity index (χ3v) is 4.96. The van der Waals surface area contributed by atoms with Gasteiger partial charge < -0.3 is 18.6 Å². The Morgan fingerprint density at radius 3 is 2.32 bits per heavy atom. The van der Waals surface area contributed by atoms with Crippen molar-refractivity contribution in [2.24, 2.45) is 5.10 Å². The molecule has 0 saturated carbocycles. The van der Waals surface area contributed by atoms with Gasteiger partial charge in [-0.15, -0.1) is 0 Å². The number of methoxy groups -OCH3 is 1. The van der Waals surface area contributed by atoms with Gasteiger partial charge in [0.25, 0.3) is 5.91 Å². The zero-order chi connectivity index (χ0) is 21.6. The van der Waals surface area contributed by atoms with Gasteiger partial charge in [0.05, 0.1) is 25.7 Å². The number of hydrazone groups is 1. The second-order valence-corrected chi connectivity index (χ2v) is 6.94. The summed E-state index contributed by atoms with van der Waals surface area (Å²) < 4.78 is 21.9. The third-order valence-electron chi connectivity index (χ3n) is 4.96. The minimum atomic E-state index is -0.316. The van der Waals surface area contributed by atoms with Gasteiger partial charge in [-0.25, -0.2) is 5.01 Å². The van der Waals surface area contributed by atoms with Crippen LogP contribution in [0, 0.1) is 0 Å². The first-order valence-electron chi connectivity index (χ1n) is 10.1. The molecule has 1 aliphatic rings. The maximum atomic E-state index is 13.0. The standard InChI is InChI=1S/C24H24N2O5/c1-3-29-19-10-12-20(13-11-19)31-16-24(27)26-22(23-5-4-14-30-23)15-21(25-26)17-6-8-18(28-2)9-7-17/h4-14,22H,3,15-16H2,1-2H3. The molecule has 2 heterocycles. The van der Waals surface area contributed by atoms with Gasteiger partial charge in [0.1, 0.15) is 29.1 Å². The van der Waals surface area contributed by atoms with E-state index in [9.17, 15) is 4.79 Å². The van der Waals surface area contributed by atoms with E-state index < -0.39 is 0 Å². The number of rotatable bonds is 8. The van der Waals surface area contributed by atoms with E-state index in [1.165, 1.54) is 5.01 Å². The van der Waals surface area contributed by atoms with E-state index in [4.69, 9.17) is 18.6 Å². The summed E-state index contributed by atoms with van der Waals surface area (Å²) in [5, 5.41) is 6.05. The number of carbonyl (C=O) groups is 1. The summed E-state index contributed by atoms with van der Waals surface area (Å²) in [6, 6.07) is 18.1. The molecule has 2 aromatic carbocycles. The van der Waals surface area contributed by atoms with E-state index >= 15 is 0 Å². The van der Waals surface area contributed by atoms with Gasteiger partial charge in [-0.05, 0) is 73.2 Å². The molecule has 0 bridgehead atoms. The predicted molar refractivity (Wildman–Crippen MR) is 116 cm³/mol. The van der Waals surface area contributed by atoms with Gasteiger partial charge in [-0.3, -0.25) is 4.79 Å². The van der Waals surface area contributed by atoms with Crippen LogP contribution < -0.4 is 14.2 Å². The Morgan fingerprint density at radius 1 is 1.03 bits per heavy atom. The Balaban J connectivity index is 1.49. The number of amides is 1. The number of hydrogen-bond donors (Lipinski definition) is 0. The van der Waals surface area contributed by atoms with Crippen molar-refractivity contribution < 1.29 is 23.4 Å². The molecule has 160 valence electrons. The zero-order valence-electron chi connectivity index (χ0n) is 17.5. The summed E-state index contributed by atoms with van der Waals surface area (Å²) >= 11 is 0. The van der Waals surface area contributed by atoms with Crippen LogP contribution in [-0.2, 0) is 4.79 Å². The topological polar surface area (TPSA) is 73.5 Å². The number of furan rings is 1. The van der Waals surface area contributed by atoms with Crippen molar-refractivity contribution in [3.63, 3.8) is 0 Å². The van der Waals surface area contributed by atoms with Crippen LogP contribution in [0.15, 0.2) is 76.4 Å². The molecule has 31 heavy (non-hydrogen) atoms. The monoisotopic (exact) mass is 420 g/mol. The van der Waals surface area contributed by atoms with Crippen LogP contribution >= 0.6 is 0 Å². The number of carbonyl (C=O) groups excluding carboxylic acids is 1. The van der Waals surface area contributed by atoms with E-state index in [2.05, 4.69) is 5.10 Å². The SMILES string of the molecule is CCOc1ccc(OCC(=O)N2N=C(c3ccc(OC)cc3)CC2c2ccco2)cc1. The lowest BCUT2D eigenvalue weighted by molar-refractivity contribution is -0.135. The lowest BCUT2D eigenvalue weighted by Gasteiger charge is -2.20. The van der Waals surface area contributed by atoms with E-state index in [1.54, 1.807) is 31.6 Å². The summed E-state index contributed by atoms with van der Waals surface area (Å²) in [7, 11) is 1.62. The maximum Gasteiger partial charge on any atom is 0.281 e. The summed E-state index contributed by atoms with van der Waals surface area (Å²) in [6.45, 7) is 2.39. The molecule has 7 heteroatoms. The van der Waals surface area contributed by atoms with Gasteiger partial charge in [-0.2, -0.15) is 5.10 Å². The first-order chi connectivity index (χ1) is 15.2. The molecule has 3 aromatic rings. The molecule has 1 amide bonds. The van der Waals surface area contributed by atoms with E-state index in [0.29, 0.717) is 24.5 Å². The summed E-state index contributed by atoms with van der Waals surface area (Å²) in [6.07, 6.45) is 2.15. The van der Waals surface area contributed by atoms with Crippen molar-refractivity contribution in [2.75, 3.05) is 20.3 Å². The molecule has 0 saturated heterocycles. The van der Waals surface area contributed by atoms with Crippen molar-refractivity contribution in [2.45, 2.75) is 19.4 Å². The van der Waals surface area contributed by atoms with Gasteiger partial charge in [0.15, 0.2) is 6.61 Å². The molecule has 4 rings (SSSR count). The van der Waals surface area contributed by atoms with Crippen LogP contribution in [0.25, 0.3) is 0 Å². The van der Waals surface area contributed by atoms with Crippen molar-refractivity contribution in [1.29, 1.82) is 0 Å². The number of hydrogen-bond acceptors (Lipinski definition) is 6. The largest absolute Gasteiger partial charge is 0.497 e. The highest BCUT2D eigenvalue weighted by molar-refractivity contribution is 6.03. The van der Waals surface area contributed by atoms with Crippen LogP contribution in [0.4, 0.5) is 0 Å². The minimum absolute atomic E-state index is 0.134. The van der Waals surface area contributed by atoms with Crippen molar-refractivity contribution in [3.8, 4) is 17.2 Å². The average molecular weight is 420 g/mol. The van der Waals surface area contributed by atoms with Gasteiger partial charge >= 0.3 is 0 Å². The summed E-state index contributed by atoms with van der Waals surface area (Å²) in [5.74, 6) is 2.54. The highest BCUT2D eigenvalue weighted by Gasteiger charge is 2.35. The number of nitrogens with zero attached hydrogens (tertiary/aromatic N) is 2. The second-order valence-electron chi connectivity index (χ2n) is 6.94. The fraction of sp³-hybridized carbons (Fsp3) is 0.250. The molecule has 1 aromatic heterocycles. The number of benzene rings is 2. The molecule has 1 atom stereocenters. The van der Waals surface area contributed by atoms with Crippen molar-refractivity contribution >= 4 is 11.6 Å². The lowest BCUT2D eigenvalue weighted by Crippen LogP contribution is -2.31. The van der Waals surface area contributed by atoms with E-state index in [1.807, 2.05) is 49.4 Å². The Labute approximate surface area is 180 Å². The molecule has 0 N–H and O–H groups in total. The molecule has 0 fully saturated rings. The molecular weight excluding hydrogens is 396 g/mol. The minimum Gasteiger partial charge on any atom is -0.497 e. The van der Waals surface area contributed by atoms with Gasteiger partial charge in [0, 0.05) is 6.42 Å². The fourth-order valence-corrected chi connectivity index (χ4v) is 3.41. The first-order valence-corrected chi connectivity index (χ1v) is 10.1. The van der Waals surface area contributed by atoms with Crippen LogP contribution in [-0.4, -0.2) is 37.0 Å². The Kier molecular flexibility index (Phi) is 6.21. The molecule has 1 aliphatic heterocycles. The molecule has 1 unspecified atom stereocenters. The maximum absolute atomic E-state index is 13.0. The highest BCUT2D eigenvalue weighted by atomic mass is 16.5. The van der Waals surface area contributed by atoms with Crippen LogP contribution in [0.2, 0.25) is 0 Å². The Hall–Kier alpha value is -3.74. The van der Waals surface area contributed by atoms with Gasteiger partial charge in [0.2, 0.25) is 0 Å². The molecule has 0 aliphatic carbocycles. The van der Waals surface area contributed by atoms with E-state index in [0.717, 1.165) is 22.8 Å². The summed E-state index contributed by atoms with van der Waals surface area (Å²) in [5.41, 5.74) is 1.73. The van der Waals surface area contributed by atoms with Crippen LogP contribution in [0.5, 0.6) is 17.2 Å². The molecule has 0 radical (unpaired) electrons. The Morgan fingerprint density at radius 2 is 1.71 bits per heavy atom. The van der Waals surface area contributed by atoms with E-state index in [-0.39, 0.29) is 18.6 Å². The normalized spacial score (nSPS) is 15.5. The highest BCUT2D eigenvalue weighted by Crippen LogP contribution is 2.33. The average Bonchev–Trinajstić information content (AvgIpc) is 3.49. The van der Waals surface area contributed by atoms with Crippen molar-refractivity contribution in [3.05, 3.63) is 78.3 Å². The molecule has 7 nitrogen and oxygen atoms in total.